The van der Waals surface area contributed by atoms with Crippen molar-refractivity contribution >= 4 is 29.2 Å². The molecule has 0 bridgehead atoms. The molecule has 3 N–H and O–H groups in total. The molecule has 22 heavy (non-hydrogen) atoms. The van der Waals surface area contributed by atoms with Crippen LogP contribution in [-0.2, 0) is 0 Å². The zero-order valence-electron chi connectivity index (χ0n) is 11.5. The monoisotopic (exact) mass is 321 g/mol. The van der Waals surface area contributed by atoms with Gasteiger partial charge in [0.05, 0.1) is 12.7 Å². The fourth-order valence-electron chi connectivity index (χ4n) is 1.84. The van der Waals surface area contributed by atoms with Crippen molar-refractivity contribution in [2.45, 2.75) is 0 Å². The molecule has 2 rings (SSSR count). The van der Waals surface area contributed by atoms with Crippen LogP contribution < -0.4 is 10.1 Å². The normalized spacial score (nSPS) is 10.1. The number of phenols is 1. The summed E-state index contributed by atoms with van der Waals surface area (Å²) in [6.07, 6.45) is 0. The smallest absolute Gasteiger partial charge is 0.339 e. The number of hydrogen-bond acceptors (Lipinski definition) is 4. The van der Waals surface area contributed by atoms with Crippen molar-refractivity contribution in [3.8, 4) is 11.5 Å². The standard InChI is InChI=1S/C15H12ClNO5/c1-22-13-5-2-8(16)6-11(13)14(19)17-9-3-4-12(18)10(7-9)15(20)21/h2-7,18H,1H3,(H,17,19)(H,20,21). The average Bonchev–Trinajstić information content (AvgIpc) is 2.48. The highest BCUT2D eigenvalue weighted by Gasteiger charge is 2.15. The molecule has 1 amide bonds. The number of carbonyl (C=O) groups is 2. The minimum absolute atomic E-state index is 0.208. The summed E-state index contributed by atoms with van der Waals surface area (Å²) in [7, 11) is 1.42. The molecule has 0 aliphatic carbocycles. The molecule has 0 aromatic heterocycles. The third kappa shape index (κ3) is 3.29. The van der Waals surface area contributed by atoms with E-state index in [-0.39, 0.29) is 22.6 Å². The molecule has 0 aliphatic rings. The van der Waals surface area contributed by atoms with Crippen molar-refractivity contribution in [3.63, 3.8) is 0 Å². The van der Waals surface area contributed by atoms with Crippen LogP contribution in [0.1, 0.15) is 20.7 Å². The average molecular weight is 322 g/mol. The first-order chi connectivity index (χ1) is 10.4. The molecule has 0 saturated carbocycles. The number of methoxy groups -OCH3 is 1. The Hall–Kier alpha value is -2.73. The highest BCUT2D eigenvalue weighted by atomic mass is 35.5. The van der Waals surface area contributed by atoms with Crippen molar-refractivity contribution in [3.05, 3.63) is 52.5 Å². The lowest BCUT2D eigenvalue weighted by atomic mass is 10.1. The fraction of sp³-hybridized carbons (Fsp3) is 0.0667. The quantitative estimate of drug-likeness (QED) is 0.752. The van der Waals surface area contributed by atoms with Gasteiger partial charge in [-0.05, 0) is 36.4 Å². The van der Waals surface area contributed by atoms with Gasteiger partial charge in [-0.1, -0.05) is 11.6 Å². The molecule has 114 valence electrons. The van der Waals surface area contributed by atoms with Crippen LogP contribution in [-0.4, -0.2) is 29.2 Å². The Kier molecular flexibility index (Phi) is 4.53. The molecule has 0 fully saturated rings. The van der Waals surface area contributed by atoms with Gasteiger partial charge in [0.15, 0.2) is 0 Å². The van der Waals surface area contributed by atoms with Gasteiger partial charge in [0.25, 0.3) is 5.91 Å². The molecular weight excluding hydrogens is 310 g/mol. The molecule has 0 radical (unpaired) electrons. The van der Waals surface area contributed by atoms with Crippen LogP contribution in [0.5, 0.6) is 11.5 Å². The van der Waals surface area contributed by atoms with Crippen LogP contribution in [0, 0.1) is 0 Å². The van der Waals surface area contributed by atoms with Crippen molar-refractivity contribution in [2.24, 2.45) is 0 Å². The van der Waals surface area contributed by atoms with Crippen molar-refractivity contribution in [1.29, 1.82) is 0 Å². The predicted molar refractivity (Wildman–Crippen MR) is 81.0 cm³/mol. The minimum Gasteiger partial charge on any atom is -0.507 e. The zero-order valence-corrected chi connectivity index (χ0v) is 12.2. The van der Waals surface area contributed by atoms with Gasteiger partial charge in [-0.3, -0.25) is 4.79 Å². The number of halogens is 1. The maximum absolute atomic E-state index is 12.3. The van der Waals surface area contributed by atoms with Gasteiger partial charge in [-0.25, -0.2) is 4.79 Å². The van der Waals surface area contributed by atoms with E-state index < -0.39 is 11.9 Å². The van der Waals surface area contributed by atoms with Gasteiger partial charge in [0.2, 0.25) is 0 Å². The maximum Gasteiger partial charge on any atom is 0.339 e. The lowest BCUT2D eigenvalue weighted by Crippen LogP contribution is -2.13. The number of nitrogens with one attached hydrogen (secondary N) is 1. The van der Waals surface area contributed by atoms with Crippen LogP contribution in [0.25, 0.3) is 0 Å². The molecule has 2 aromatic carbocycles. The second-order valence-corrected chi connectivity index (χ2v) is 4.77. The van der Waals surface area contributed by atoms with Crippen LogP contribution in [0.15, 0.2) is 36.4 Å². The second-order valence-electron chi connectivity index (χ2n) is 4.34. The molecule has 0 aliphatic heterocycles. The topological polar surface area (TPSA) is 95.9 Å². The highest BCUT2D eigenvalue weighted by molar-refractivity contribution is 6.31. The third-order valence-corrected chi connectivity index (χ3v) is 3.13. The summed E-state index contributed by atoms with van der Waals surface area (Å²) in [5.41, 5.74) is 0.123. The number of anilines is 1. The van der Waals surface area contributed by atoms with E-state index in [1.807, 2.05) is 0 Å². The summed E-state index contributed by atoms with van der Waals surface area (Å²) in [6, 6.07) is 8.31. The van der Waals surface area contributed by atoms with Crippen molar-refractivity contribution in [2.75, 3.05) is 12.4 Å². The largest absolute Gasteiger partial charge is 0.507 e. The predicted octanol–water partition coefficient (Wildman–Crippen LogP) is 3.00. The molecule has 6 nitrogen and oxygen atoms in total. The number of rotatable bonds is 4. The van der Waals surface area contributed by atoms with Gasteiger partial charge in [-0.2, -0.15) is 0 Å². The molecule has 0 saturated heterocycles. The lowest BCUT2D eigenvalue weighted by Gasteiger charge is -2.10. The van der Waals surface area contributed by atoms with E-state index in [2.05, 4.69) is 5.32 Å². The highest BCUT2D eigenvalue weighted by Crippen LogP contribution is 2.25. The Labute approximate surface area is 130 Å². The van der Waals surface area contributed by atoms with Crippen LogP contribution in [0.2, 0.25) is 5.02 Å². The number of benzene rings is 2. The number of aromatic carboxylic acids is 1. The maximum atomic E-state index is 12.3. The Bertz CT molecular complexity index is 745. The van der Waals surface area contributed by atoms with Gasteiger partial charge in [0.1, 0.15) is 17.1 Å². The first-order valence-corrected chi connectivity index (χ1v) is 6.51. The number of hydrogen-bond donors (Lipinski definition) is 3. The fourth-order valence-corrected chi connectivity index (χ4v) is 2.01. The SMILES string of the molecule is COc1ccc(Cl)cc1C(=O)Nc1ccc(O)c(C(=O)O)c1. The minimum atomic E-state index is -1.30. The van der Waals surface area contributed by atoms with Gasteiger partial charge < -0.3 is 20.3 Å². The number of amides is 1. The van der Waals surface area contributed by atoms with E-state index in [0.717, 1.165) is 6.07 Å². The van der Waals surface area contributed by atoms with Gasteiger partial charge in [0, 0.05) is 10.7 Å². The molecular formula is C15H12ClNO5. The number of carboxylic acid groups (broad SMARTS) is 1. The first kappa shape index (κ1) is 15.7. The van der Waals surface area contributed by atoms with Gasteiger partial charge >= 0.3 is 5.97 Å². The molecule has 0 spiro atoms. The van der Waals surface area contributed by atoms with E-state index in [1.54, 1.807) is 12.1 Å². The van der Waals surface area contributed by atoms with Crippen molar-refractivity contribution in [1.82, 2.24) is 0 Å². The number of carboxylic acids is 1. The first-order valence-electron chi connectivity index (χ1n) is 6.13. The Morgan fingerprint density at radius 2 is 1.86 bits per heavy atom. The molecule has 0 atom stereocenters. The van der Waals surface area contributed by atoms with Crippen molar-refractivity contribution < 1.29 is 24.5 Å². The Morgan fingerprint density at radius 1 is 1.14 bits per heavy atom. The second kappa shape index (κ2) is 6.36. The summed E-state index contributed by atoms with van der Waals surface area (Å²) >= 11 is 5.86. The summed E-state index contributed by atoms with van der Waals surface area (Å²) in [4.78, 5) is 23.2. The summed E-state index contributed by atoms with van der Waals surface area (Å²) in [5, 5.41) is 21.3. The van der Waals surface area contributed by atoms with E-state index in [9.17, 15) is 14.7 Å². The lowest BCUT2D eigenvalue weighted by molar-refractivity contribution is 0.0693. The molecule has 7 heteroatoms. The summed E-state index contributed by atoms with van der Waals surface area (Å²) < 4.78 is 5.09. The van der Waals surface area contributed by atoms with E-state index in [1.165, 1.54) is 25.3 Å². The van der Waals surface area contributed by atoms with Crippen LogP contribution in [0.3, 0.4) is 0 Å². The Balaban J connectivity index is 2.31. The van der Waals surface area contributed by atoms with Crippen LogP contribution >= 0.6 is 11.6 Å². The van der Waals surface area contributed by atoms with E-state index in [0.29, 0.717) is 10.8 Å². The zero-order chi connectivity index (χ0) is 16.3. The summed E-state index contributed by atoms with van der Waals surface area (Å²) in [6.45, 7) is 0. The van der Waals surface area contributed by atoms with E-state index >= 15 is 0 Å². The summed E-state index contributed by atoms with van der Waals surface area (Å²) in [5.74, 6) is -1.86. The third-order valence-electron chi connectivity index (χ3n) is 2.89. The van der Waals surface area contributed by atoms with Crippen LogP contribution in [0.4, 0.5) is 5.69 Å². The molecule has 2 aromatic rings. The number of aromatic hydroxyl groups is 1. The Morgan fingerprint density at radius 3 is 2.50 bits per heavy atom. The van der Waals surface area contributed by atoms with E-state index in [4.69, 9.17) is 21.4 Å². The molecule has 0 heterocycles. The van der Waals surface area contributed by atoms with Gasteiger partial charge in [-0.15, -0.1) is 0 Å². The number of carbonyl (C=O) groups excluding carboxylic acids is 1. The number of ether oxygens (including phenoxy) is 1. The molecule has 0 unspecified atom stereocenters.